The highest BCUT2D eigenvalue weighted by atomic mass is 16.6. The van der Waals surface area contributed by atoms with E-state index in [2.05, 4.69) is 4.98 Å². The summed E-state index contributed by atoms with van der Waals surface area (Å²) in [5.41, 5.74) is 0. The van der Waals surface area contributed by atoms with Crippen LogP contribution in [0.1, 0.15) is 0 Å². The van der Waals surface area contributed by atoms with Crippen molar-refractivity contribution < 1.29 is 4.92 Å². The fraction of sp³-hybridized carbons (Fsp3) is 0.300. The van der Waals surface area contributed by atoms with Gasteiger partial charge in [-0.25, -0.2) is 9.55 Å². The number of nitro groups is 1. The highest BCUT2D eigenvalue weighted by Crippen LogP contribution is 2.10. The second kappa shape index (κ2) is 4.69. The maximum atomic E-state index is 10.7. The minimum atomic E-state index is -0.428. The van der Waals surface area contributed by atoms with Gasteiger partial charge in [0.2, 0.25) is 0 Å². The molecular formula is C10H13N5O2. The number of imidazole rings is 1. The van der Waals surface area contributed by atoms with Gasteiger partial charge in [-0.05, 0) is 4.92 Å². The fourth-order valence-corrected chi connectivity index (χ4v) is 1.49. The molecule has 0 fully saturated rings. The van der Waals surface area contributed by atoms with Gasteiger partial charge in [0, 0.05) is 31.8 Å². The molecule has 90 valence electrons. The number of aromatic nitrogens is 2. The number of rotatable bonds is 4. The summed E-state index contributed by atoms with van der Waals surface area (Å²) in [4.78, 5) is 17.9. The van der Waals surface area contributed by atoms with Gasteiger partial charge in [-0.1, -0.05) is 0 Å². The first-order chi connectivity index (χ1) is 8.16. The van der Waals surface area contributed by atoms with Gasteiger partial charge in [-0.3, -0.25) is 0 Å². The van der Waals surface area contributed by atoms with Crippen molar-refractivity contribution in [1.82, 2.24) is 19.4 Å². The van der Waals surface area contributed by atoms with Crippen molar-refractivity contribution >= 4 is 5.82 Å². The van der Waals surface area contributed by atoms with Gasteiger partial charge in [0.05, 0.1) is 6.54 Å². The molecule has 1 aromatic heterocycles. The molecule has 2 heterocycles. The standard InChI is InChI=1S/C10H13N5O2/c1-12-2-4-13(5-3-12)6-7-14-9-11-8-10(14)15(16)17/h2-5,8-9H,6-7H2,1H3. The summed E-state index contributed by atoms with van der Waals surface area (Å²) in [7, 11) is 1.94. The summed E-state index contributed by atoms with van der Waals surface area (Å²) in [6.07, 6.45) is 10.4. The predicted molar refractivity (Wildman–Crippen MR) is 61.6 cm³/mol. The van der Waals surface area contributed by atoms with Crippen molar-refractivity contribution in [3.63, 3.8) is 0 Å². The second-order valence-corrected chi connectivity index (χ2v) is 3.70. The van der Waals surface area contributed by atoms with Gasteiger partial charge in [0.15, 0.2) is 6.33 Å². The lowest BCUT2D eigenvalue weighted by molar-refractivity contribution is -0.392. The highest BCUT2D eigenvalue weighted by Gasteiger charge is 2.13. The molecule has 7 nitrogen and oxygen atoms in total. The van der Waals surface area contributed by atoms with Gasteiger partial charge in [0.1, 0.15) is 12.7 Å². The van der Waals surface area contributed by atoms with Gasteiger partial charge >= 0.3 is 5.82 Å². The monoisotopic (exact) mass is 235 g/mol. The van der Waals surface area contributed by atoms with Crippen LogP contribution in [-0.4, -0.2) is 37.9 Å². The molecule has 0 saturated carbocycles. The third-order valence-electron chi connectivity index (χ3n) is 2.46. The lowest BCUT2D eigenvalue weighted by Crippen LogP contribution is -2.21. The zero-order valence-electron chi connectivity index (χ0n) is 9.43. The fourth-order valence-electron chi connectivity index (χ4n) is 1.49. The maximum absolute atomic E-state index is 10.7. The third kappa shape index (κ3) is 2.63. The molecule has 1 aliphatic rings. The number of hydrogen-bond acceptors (Lipinski definition) is 5. The molecule has 7 heteroatoms. The summed E-state index contributed by atoms with van der Waals surface area (Å²) in [5.74, 6) is 0.0205. The van der Waals surface area contributed by atoms with E-state index in [-0.39, 0.29) is 5.82 Å². The van der Waals surface area contributed by atoms with E-state index in [0.29, 0.717) is 13.1 Å². The Morgan fingerprint density at radius 2 is 2.00 bits per heavy atom. The summed E-state index contributed by atoms with van der Waals surface area (Å²) in [5, 5.41) is 10.7. The first kappa shape index (κ1) is 11.2. The van der Waals surface area contributed by atoms with Crippen molar-refractivity contribution in [3.8, 4) is 0 Å². The molecule has 1 aromatic rings. The quantitative estimate of drug-likeness (QED) is 0.575. The molecule has 0 amide bonds. The number of nitrogens with zero attached hydrogens (tertiary/aromatic N) is 5. The smallest absolute Gasteiger partial charge is 0.342 e. The normalized spacial score (nSPS) is 14.4. The summed E-state index contributed by atoms with van der Waals surface area (Å²) in [6.45, 7) is 1.19. The van der Waals surface area contributed by atoms with E-state index in [1.165, 1.54) is 17.1 Å². The molecule has 0 saturated heterocycles. The van der Waals surface area contributed by atoms with E-state index < -0.39 is 4.92 Å². The molecule has 0 aliphatic carbocycles. The molecule has 0 aromatic carbocycles. The van der Waals surface area contributed by atoms with Gasteiger partial charge in [0.25, 0.3) is 0 Å². The Morgan fingerprint density at radius 1 is 1.29 bits per heavy atom. The Hall–Kier alpha value is -2.31. The SMILES string of the molecule is CN1C=CN(CCn2cncc2[N+](=O)[O-])C=C1. The van der Waals surface area contributed by atoms with E-state index in [1.54, 1.807) is 0 Å². The van der Waals surface area contributed by atoms with Crippen molar-refractivity contribution in [1.29, 1.82) is 0 Å². The van der Waals surface area contributed by atoms with Gasteiger partial charge in [-0.2, -0.15) is 0 Å². The average Bonchev–Trinajstić information content (AvgIpc) is 2.76. The molecular weight excluding hydrogens is 222 g/mol. The van der Waals surface area contributed by atoms with Crippen molar-refractivity contribution in [3.05, 3.63) is 47.4 Å². The van der Waals surface area contributed by atoms with E-state index in [9.17, 15) is 10.1 Å². The van der Waals surface area contributed by atoms with E-state index in [4.69, 9.17) is 0 Å². The predicted octanol–water partition coefficient (Wildman–Crippen LogP) is 0.981. The summed E-state index contributed by atoms with van der Waals surface area (Å²) < 4.78 is 1.53. The van der Waals surface area contributed by atoms with E-state index in [1.807, 2.05) is 41.6 Å². The maximum Gasteiger partial charge on any atom is 0.342 e. The van der Waals surface area contributed by atoms with Crippen LogP contribution in [0.2, 0.25) is 0 Å². The molecule has 0 spiro atoms. The van der Waals surface area contributed by atoms with Crippen LogP contribution in [0.4, 0.5) is 5.82 Å². The van der Waals surface area contributed by atoms with Crippen molar-refractivity contribution in [2.45, 2.75) is 6.54 Å². The molecule has 0 radical (unpaired) electrons. The first-order valence-electron chi connectivity index (χ1n) is 5.15. The Balaban J connectivity index is 1.94. The molecule has 1 aliphatic heterocycles. The molecule has 0 bridgehead atoms. The minimum absolute atomic E-state index is 0.0205. The second-order valence-electron chi connectivity index (χ2n) is 3.70. The van der Waals surface area contributed by atoms with E-state index in [0.717, 1.165) is 0 Å². The molecule has 0 N–H and O–H groups in total. The Kier molecular flexibility index (Phi) is 3.08. The van der Waals surface area contributed by atoms with Crippen LogP contribution < -0.4 is 0 Å². The minimum Gasteiger partial charge on any atom is -0.358 e. The van der Waals surface area contributed by atoms with Crippen molar-refractivity contribution in [2.75, 3.05) is 13.6 Å². The Labute approximate surface area is 98.4 Å². The van der Waals surface area contributed by atoms with Gasteiger partial charge in [-0.15, -0.1) is 0 Å². The Morgan fingerprint density at radius 3 is 2.65 bits per heavy atom. The molecule has 2 rings (SSSR count). The van der Waals surface area contributed by atoms with Crippen LogP contribution in [-0.2, 0) is 6.54 Å². The zero-order chi connectivity index (χ0) is 12.3. The van der Waals surface area contributed by atoms with Crippen molar-refractivity contribution in [2.24, 2.45) is 0 Å². The summed E-state index contributed by atoms with van der Waals surface area (Å²) >= 11 is 0. The first-order valence-corrected chi connectivity index (χ1v) is 5.15. The number of hydrogen-bond donors (Lipinski definition) is 0. The lowest BCUT2D eigenvalue weighted by Gasteiger charge is -2.21. The summed E-state index contributed by atoms with van der Waals surface area (Å²) in [6, 6.07) is 0. The highest BCUT2D eigenvalue weighted by molar-refractivity contribution is 5.14. The van der Waals surface area contributed by atoms with Crippen LogP contribution in [0, 0.1) is 10.1 Å². The molecule has 17 heavy (non-hydrogen) atoms. The average molecular weight is 235 g/mol. The largest absolute Gasteiger partial charge is 0.358 e. The van der Waals surface area contributed by atoms with Crippen LogP contribution in [0.25, 0.3) is 0 Å². The molecule has 0 unspecified atom stereocenters. The topological polar surface area (TPSA) is 67.4 Å². The molecule has 0 atom stereocenters. The van der Waals surface area contributed by atoms with Crippen LogP contribution in [0.3, 0.4) is 0 Å². The van der Waals surface area contributed by atoms with Gasteiger partial charge < -0.3 is 19.9 Å². The van der Waals surface area contributed by atoms with Crippen LogP contribution in [0.5, 0.6) is 0 Å². The van der Waals surface area contributed by atoms with Crippen LogP contribution in [0.15, 0.2) is 37.3 Å². The zero-order valence-corrected chi connectivity index (χ0v) is 9.43. The Bertz CT molecular complexity index is 451. The van der Waals surface area contributed by atoms with E-state index >= 15 is 0 Å². The van der Waals surface area contributed by atoms with Crippen LogP contribution >= 0.6 is 0 Å². The third-order valence-corrected chi connectivity index (χ3v) is 2.46. The lowest BCUT2D eigenvalue weighted by atomic mass is 10.5.